The third kappa shape index (κ3) is 2.40. The van der Waals surface area contributed by atoms with Crippen LogP contribution in [0, 0.1) is 0 Å². The number of phenolic OH excluding ortho intramolecular Hbond substituents is 1. The van der Waals surface area contributed by atoms with Crippen LogP contribution in [0.15, 0.2) is 18.2 Å². The first-order valence-electron chi connectivity index (χ1n) is 9.55. The zero-order valence-electron chi connectivity index (χ0n) is 16.5. The van der Waals surface area contributed by atoms with Crippen LogP contribution in [0.5, 0.6) is 34.5 Å². The molecule has 1 N–H and O–H groups in total. The second-order valence-corrected chi connectivity index (χ2v) is 8.18. The summed E-state index contributed by atoms with van der Waals surface area (Å²) in [7, 11) is 3.20. The van der Waals surface area contributed by atoms with E-state index in [-0.39, 0.29) is 23.4 Å². The molecule has 0 amide bonds. The molecule has 2 atom stereocenters. The van der Waals surface area contributed by atoms with Gasteiger partial charge in [0, 0.05) is 23.3 Å². The van der Waals surface area contributed by atoms with Crippen molar-refractivity contribution >= 4 is 0 Å². The van der Waals surface area contributed by atoms with Gasteiger partial charge in [-0.1, -0.05) is 0 Å². The second kappa shape index (κ2) is 5.87. The number of phenols is 1. The molecule has 148 valence electrons. The molecule has 0 saturated heterocycles. The highest BCUT2D eigenvalue weighted by molar-refractivity contribution is 5.63. The number of hydrogen-bond acceptors (Lipinski definition) is 6. The quantitative estimate of drug-likeness (QED) is 0.840. The minimum absolute atomic E-state index is 0.0227. The van der Waals surface area contributed by atoms with Crippen LogP contribution >= 0.6 is 0 Å². The van der Waals surface area contributed by atoms with Gasteiger partial charge in [-0.05, 0) is 32.8 Å². The maximum atomic E-state index is 10.2. The van der Waals surface area contributed by atoms with Crippen molar-refractivity contribution in [2.75, 3.05) is 20.8 Å². The summed E-state index contributed by atoms with van der Waals surface area (Å²) >= 11 is 0. The van der Waals surface area contributed by atoms with E-state index in [1.54, 1.807) is 19.2 Å². The molecule has 3 aliphatic rings. The molecule has 6 heteroatoms. The number of rotatable bonds is 2. The van der Waals surface area contributed by atoms with Gasteiger partial charge in [0.05, 0.1) is 32.3 Å². The number of hydrogen-bond donors (Lipinski definition) is 1. The van der Waals surface area contributed by atoms with Crippen LogP contribution in [0.25, 0.3) is 0 Å². The first-order valence-corrected chi connectivity index (χ1v) is 9.55. The lowest BCUT2D eigenvalue weighted by atomic mass is 9.85. The molecule has 0 spiro atoms. The molecule has 3 aliphatic heterocycles. The predicted octanol–water partition coefficient (Wildman–Crippen LogP) is 4.12. The first-order chi connectivity index (χ1) is 13.4. The fraction of sp³-hybridized carbons (Fsp3) is 0.455. The van der Waals surface area contributed by atoms with Crippen molar-refractivity contribution in [3.05, 3.63) is 34.9 Å². The largest absolute Gasteiger partial charge is 0.504 e. The highest BCUT2D eigenvalue weighted by Crippen LogP contribution is 2.58. The van der Waals surface area contributed by atoms with Gasteiger partial charge in [-0.15, -0.1) is 0 Å². The van der Waals surface area contributed by atoms with Crippen molar-refractivity contribution in [1.29, 1.82) is 0 Å². The summed E-state index contributed by atoms with van der Waals surface area (Å²) in [5.41, 5.74) is 2.64. The molecule has 0 aromatic heterocycles. The van der Waals surface area contributed by atoms with Crippen molar-refractivity contribution in [1.82, 2.24) is 0 Å². The van der Waals surface area contributed by atoms with Crippen LogP contribution in [-0.2, 0) is 6.42 Å². The van der Waals surface area contributed by atoms with Gasteiger partial charge >= 0.3 is 0 Å². The van der Waals surface area contributed by atoms with E-state index in [2.05, 4.69) is 13.8 Å². The minimum Gasteiger partial charge on any atom is -0.504 e. The Labute approximate surface area is 163 Å². The van der Waals surface area contributed by atoms with Crippen molar-refractivity contribution in [3.63, 3.8) is 0 Å². The second-order valence-electron chi connectivity index (χ2n) is 8.18. The van der Waals surface area contributed by atoms with Crippen molar-refractivity contribution in [3.8, 4) is 34.5 Å². The van der Waals surface area contributed by atoms with E-state index < -0.39 is 0 Å². The van der Waals surface area contributed by atoms with Crippen LogP contribution in [-0.4, -0.2) is 31.5 Å². The van der Waals surface area contributed by atoms with E-state index in [0.29, 0.717) is 18.1 Å². The molecular formula is C22H24O6. The molecule has 0 aliphatic carbocycles. The summed E-state index contributed by atoms with van der Waals surface area (Å²) in [6.07, 6.45) is 1.55. The van der Waals surface area contributed by atoms with Gasteiger partial charge in [-0.3, -0.25) is 0 Å². The maximum Gasteiger partial charge on any atom is 0.164 e. The summed E-state index contributed by atoms with van der Waals surface area (Å²) in [5.74, 6) is 3.52. The van der Waals surface area contributed by atoms with E-state index in [0.717, 1.165) is 46.8 Å². The molecule has 2 unspecified atom stereocenters. The third-order valence-corrected chi connectivity index (χ3v) is 5.95. The number of fused-ring (bicyclic) bond motifs is 7. The molecule has 3 heterocycles. The molecule has 0 bridgehead atoms. The highest BCUT2D eigenvalue weighted by Gasteiger charge is 2.46. The smallest absolute Gasteiger partial charge is 0.164 e. The number of ether oxygens (including phenoxy) is 5. The van der Waals surface area contributed by atoms with Crippen LogP contribution < -0.4 is 23.7 Å². The van der Waals surface area contributed by atoms with Crippen molar-refractivity contribution in [2.24, 2.45) is 0 Å². The number of methoxy groups -OCH3 is 2. The summed E-state index contributed by atoms with van der Waals surface area (Å²) in [5, 5.41) is 10.2. The van der Waals surface area contributed by atoms with Gasteiger partial charge in [-0.25, -0.2) is 0 Å². The first kappa shape index (κ1) is 17.3. The van der Waals surface area contributed by atoms with Gasteiger partial charge in [0.25, 0.3) is 0 Å². The summed E-state index contributed by atoms with van der Waals surface area (Å²) < 4.78 is 29.7. The van der Waals surface area contributed by atoms with Gasteiger partial charge in [-0.2, -0.15) is 0 Å². The Morgan fingerprint density at radius 3 is 2.57 bits per heavy atom. The summed E-state index contributed by atoms with van der Waals surface area (Å²) in [6, 6.07) is 5.40. The lowest BCUT2D eigenvalue weighted by Gasteiger charge is -2.38. The zero-order valence-corrected chi connectivity index (χ0v) is 16.5. The zero-order chi connectivity index (χ0) is 19.6. The van der Waals surface area contributed by atoms with Crippen LogP contribution in [0.2, 0.25) is 0 Å². The molecule has 6 nitrogen and oxygen atoms in total. The van der Waals surface area contributed by atoms with Crippen molar-refractivity contribution < 1.29 is 28.8 Å². The molecule has 28 heavy (non-hydrogen) atoms. The van der Waals surface area contributed by atoms with Gasteiger partial charge in [0.15, 0.2) is 11.5 Å². The average Bonchev–Trinajstić information content (AvgIpc) is 3.02. The van der Waals surface area contributed by atoms with Crippen molar-refractivity contribution in [2.45, 2.75) is 44.3 Å². The predicted molar refractivity (Wildman–Crippen MR) is 102 cm³/mol. The molecule has 0 fully saturated rings. The maximum absolute atomic E-state index is 10.2. The highest BCUT2D eigenvalue weighted by atomic mass is 16.5. The standard InChI is InChI=1S/C22H24O6/c1-22(2)6-5-11-15(24-3)8-18-19(21(11)28-22)20-13(10-26-18)12-7-14(23)17(25-4)9-16(12)27-20/h7-9,13,20,23H,5-6,10H2,1-4H3. The Hall–Kier alpha value is -2.76. The fourth-order valence-corrected chi connectivity index (χ4v) is 4.47. The molecule has 2 aromatic rings. The van der Waals surface area contributed by atoms with E-state index in [1.165, 1.54) is 7.11 Å². The lowest BCUT2D eigenvalue weighted by Crippen LogP contribution is -2.35. The molecule has 2 aromatic carbocycles. The van der Waals surface area contributed by atoms with Gasteiger partial charge < -0.3 is 28.8 Å². The SMILES string of the molecule is COc1cc2c(cc1O)C1COc3cc(OC)c4c(c3C1O2)OC(C)(C)CC4. The fourth-order valence-electron chi connectivity index (χ4n) is 4.47. The normalized spacial score (nSPS) is 23.1. The van der Waals surface area contributed by atoms with E-state index in [1.807, 2.05) is 6.07 Å². The lowest BCUT2D eigenvalue weighted by molar-refractivity contribution is 0.0705. The monoisotopic (exact) mass is 384 g/mol. The Morgan fingerprint density at radius 1 is 1.07 bits per heavy atom. The number of aromatic hydroxyl groups is 1. The Kier molecular flexibility index (Phi) is 3.63. The molecule has 0 saturated carbocycles. The van der Waals surface area contributed by atoms with Crippen LogP contribution in [0.1, 0.15) is 49.0 Å². The van der Waals surface area contributed by atoms with Crippen LogP contribution in [0.4, 0.5) is 0 Å². The topological polar surface area (TPSA) is 66.4 Å². The van der Waals surface area contributed by atoms with E-state index >= 15 is 0 Å². The van der Waals surface area contributed by atoms with Crippen LogP contribution in [0.3, 0.4) is 0 Å². The molecule has 5 rings (SSSR count). The summed E-state index contributed by atoms with van der Waals surface area (Å²) in [6.45, 7) is 4.65. The Morgan fingerprint density at radius 2 is 1.82 bits per heavy atom. The summed E-state index contributed by atoms with van der Waals surface area (Å²) in [4.78, 5) is 0. The van der Waals surface area contributed by atoms with E-state index in [4.69, 9.17) is 23.7 Å². The third-order valence-electron chi connectivity index (χ3n) is 5.95. The van der Waals surface area contributed by atoms with E-state index in [9.17, 15) is 5.11 Å². The minimum atomic E-state index is -0.271. The van der Waals surface area contributed by atoms with Gasteiger partial charge in [0.2, 0.25) is 0 Å². The Balaban J connectivity index is 1.66. The number of benzene rings is 2. The Bertz CT molecular complexity index is 964. The van der Waals surface area contributed by atoms with Gasteiger partial charge in [0.1, 0.15) is 34.7 Å². The average molecular weight is 384 g/mol. The molecular weight excluding hydrogens is 360 g/mol. The molecule has 0 radical (unpaired) electrons.